The number of rotatable bonds is 1. The van der Waals surface area contributed by atoms with Gasteiger partial charge in [-0.05, 0) is 6.92 Å². The predicted octanol–water partition coefficient (Wildman–Crippen LogP) is 1.51. The second-order valence-electron chi connectivity index (χ2n) is 1.03. The lowest BCUT2D eigenvalue weighted by Gasteiger charge is -1.77. The summed E-state index contributed by atoms with van der Waals surface area (Å²) in [6.07, 6.45) is 1.75. The van der Waals surface area contributed by atoms with Gasteiger partial charge in [0.1, 0.15) is 0 Å². The van der Waals surface area contributed by atoms with Crippen LogP contribution < -0.4 is 5.73 Å². The number of hydrogen-bond acceptors (Lipinski definition) is 1. The van der Waals surface area contributed by atoms with Gasteiger partial charge < -0.3 is 5.73 Å². The molecule has 0 spiro atoms. The van der Waals surface area contributed by atoms with Gasteiger partial charge in [0.05, 0.1) is 0 Å². The second-order valence-corrected chi connectivity index (χ2v) is 1.62. The van der Waals surface area contributed by atoms with Gasteiger partial charge in [0.15, 0.2) is 0 Å². The van der Waals surface area contributed by atoms with Crippen molar-refractivity contribution in [2.75, 3.05) is 6.54 Å². The highest BCUT2D eigenvalue weighted by Gasteiger charge is 1.70. The SMILES string of the molecule is C/C(Cl)=C\CN.Cl. The van der Waals surface area contributed by atoms with Crippen LogP contribution in [0.5, 0.6) is 0 Å². The Balaban J connectivity index is 0. The average Bonchev–Trinajstić information content (AvgIpc) is 1.35. The summed E-state index contributed by atoms with van der Waals surface area (Å²) in [5.41, 5.74) is 5.07. The van der Waals surface area contributed by atoms with E-state index in [2.05, 4.69) is 0 Å². The molecule has 0 aromatic carbocycles. The Morgan fingerprint density at radius 3 is 2.29 bits per heavy atom. The molecule has 0 aromatic heterocycles. The molecule has 0 aliphatic rings. The van der Waals surface area contributed by atoms with Gasteiger partial charge in [-0.25, -0.2) is 0 Å². The van der Waals surface area contributed by atoms with Crippen LogP contribution in [-0.4, -0.2) is 6.54 Å². The van der Waals surface area contributed by atoms with Gasteiger partial charge in [0.2, 0.25) is 0 Å². The molecule has 0 unspecified atom stereocenters. The Kier molecular flexibility index (Phi) is 9.24. The Morgan fingerprint density at radius 1 is 1.86 bits per heavy atom. The van der Waals surface area contributed by atoms with Crippen molar-refractivity contribution < 1.29 is 0 Å². The van der Waals surface area contributed by atoms with Crippen molar-refractivity contribution in [3.8, 4) is 0 Å². The average molecular weight is 142 g/mol. The third-order valence-corrected chi connectivity index (χ3v) is 0.553. The number of hydrogen-bond donors (Lipinski definition) is 1. The van der Waals surface area contributed by atoms with Crippen molar-refractivity contribution in [2.45, 2.75) is 6.92 Å². The van der Waals surface area contributed by atoms with Gasteiger partial charge in [-0.15, -0.1) is 12.4 Å². The molecule has 1 nitrogen and oxygen atoms in total. The van der Waals surface area contributed by atoms with Crippen LogP contribution in [0.3, 0.4) is 0 Å². The molecule has 0 rings (SSSR count). The van der Waals surface area contributed by atoms with Crippen molar-refractivity contribution in [3.63, 3.8) is 0 Å². The predicted molar refractivity (Wildman–Crippen MR) is 35.9 cm³/mol. The summed E-state index contributed by atoms with van der Waals surface area (Å²) in [5.74, 6) is 0. The van der Waals surface area contributed by atoms with Crippen molar-refractivity contribution in [3.05, 3.63) is 11.1 Å². The summed E-state index contributed by atoms with van der Waals surface area (Å²) in [6.45, 7) is 2.34. The number of allylic oxidation sites excluding steroid dienone is 1. The summed E-state index contributed by atoms with van der Waals surface area (Å²) < 4.78 is 0. The summed E-state index contributed by atoms with van der Waals surface area (Å²) in [4.78, 5) is 0. The molecule has 0 atom stereocenters. The van der Waals surface area contributed by atoms with Crippen LogP contribution in [0, 0.1) is 0 Å². The van der Waals surface area contributed by atoms with Crippen molar-refractivity contribution in [2.24, 2.45) is 5.73 Å². The summed E-state index contributed by atoms with van der Waals surface area (Å²) in [5, 5.41) is 0.762. The summed E-state index contributed by atoms with van der Waals surface area (Å²) in [7, 11) is 0. The fourth-order valence-corrected chi connectivity index (χ4v) is 0.251. The van der Waals surface area contributed by atoms with Crippen LogP contribution in [-0.2, 0) is 0 Å². The highest BCUT2D eigenvalue weighted by molar-refractivity contribution is 6.29. The van der Waals surface area contributed by atoms with Crippen LogP contribution in [0.2, 0.25) is 0 Å². The minimum absolute atomic E-state index is 0. The topological polar surface area (TPSA) is 26.0 Å². The van der Waals surface area contributed by atoms with E-state index in [1.807, 2.05) is 0 Å². The standard InChI is InChI=1S/C4H8ClN.ClH/c1-4(5)2-3-6;/h2H,3,6H2,1H3;1H/b4-2+;. The zero-order valence-electron chi connectivity index (χ0n) is 4.15. The molecule has 0 radical (unpaired) electrons. The van der Waals surface area contributed by atoms with Crippen molar-refractivity contribution in [1.82, 2.24) is 0 Å². The molecule has 7 heavy (non-hydrogen) atoms. The normalized spacial score (nSPS) is 10.4. The molecule has 3 heteroatoms. The lowest BCUT2D eigenvalue weighted by atomic mass is 10.5. The lowest BCUT2D eigenvalue weighted by molar-refractivity contribution is 1.24. The summed E-state index contributed by atoms with van der Waals surface area (Å²) >= 11 is 5.36. The third-order valence-electron chi connectivity index (χ3n) is 0.399. The Labute approximate surface area is 54.9 Å². The Bertz CT molecular complexity index is 56.7. The fourth-order valence-electron chi connectivity index (χ4n) is 0.162. The van der Waals surface area contributed by atoms with E-state index in [1.54, 1.807) is 13.0 Å². The van der Waals surface area contributed by atoms with Crippen molar-refractivity contribution >= 4 is 24.0 Å². The Hall–Kier alpha value is 0.280. The molecule has 44 valence electrons. The fraction of sp³-hybridized carbons (Fsp3) is 0.500. The zero-order chi connectivity index (χ0) is 4.99. The molecule has 0 saturated carbocycles. The largest absolute Gasteiger partial charge is 0.327 e. The quantitative estimate of drug-likeness (QED) is 0.589. The first-order chi connectivity index (χ1) is 2.77. The smallest absolute Gasteiger partial charge is 0.0122 e. The molecule has 0 heterocycles. The molecule has 0 saturated heterocycles. The van der Waals surface area contributed by atoms with Gasteiger partial charge in [0, 0.05) is 11.6 Å². The Morgan fingerprint density at radius 2 is 2.29 bits per heavy atom. The minimum Gasteiger partial charge on any atom is -0.327 e. The molecular formula is C4H9Cl2N. The van der Waals surface area contributed by atoms with Crippen LogP contribution in [0.4, 0.5) is 0 Å². The van der Waals surface area contributed by atoms with E-state index in [4.69, 9.17) is 17.3 Å². The summed E-state index contributed by atoms with van der Waals surface area (Å²) in [6, 6.07) is 0. The van der Waals surface area contributed by atoms with Crippen molar-refractivity contribution in [1.29, 1.82) is 0 Å². The first kappa shape index (κ1) is 10.3. The first-order valence-electron chi connectivity index (χ1n) is 1.79. The maximum absolute atomic E-state index is 5.36. The maximum Gasteiger partial charge on any atom is 0.0122 e. The van der Waals surface area contributed by atoms with Gasteiger partial charge in [-0.3, -0.25) is 0 Å². The van der Waals surface area contributed by atoms with E-state index in [0.29, 0.717) is 6.54 Å². The van der Waals surface area contributed by atoms with Crippen LogP contribution >= 0.6 is 24.0 Å². The van der Waals surface area contributed by atoms with E-state index < -0.39 is 0 Å². The second kappa shape index (κ2) is 6.28. The van der Waals surface area contributed by atoms with E-state index in [9.17, 15) is 0 Å². The minimum atomic E-state index is 0. The van der Waals surface area contributed by atoms with Crippen LogP contribution in [0.1, 0.15) is 6.92 Å². The number of nitrogens with two attached hydrogens (primary N) is 1. The van der Waals surface area contributed by atoms with E-state index in [-0.39, 0.29) is 12.4 Å². The van der Waals surface area contributed by atoms with Gasteiger partial charge in [0.25, 0.3) is 0 Å². The van der Waals surface area contributed by atoms with Crippen LogP contribution in [0.25, 0.3) is 0 Å². The molecule has 0 amide bonds. The highest BCUT2D eigenvalue weighted by Crippen LogP contribution is 1.93. The molecule has 0 aromatic rings. The number of halogens is 2. The maximum atomic E-state index is 5.36. The monoisotopic (exact) mass is 141 g/mol. The molecule has 0 bridgehead atoms. The van der Waals surface area contributed by atoms with Crippen LogP contribution in [0.15, 0.2) is 11.1 Å². The zero-order valence-corrected chi connectivity index (χ0v) is 5.72. The van der Waals surface area contributed by atoms with Gasteiger partial charge in [-0.2, -0.15) is 0 Å². The highest BCUT2D eigenvalue weighted by atomic mass is 35.5. The molecule has 0 aliphatic heterocycles. The lowest BCUT2D eigenvalue weighted by Crippen LogP contribution is -1.92. The van der Waals surface area contributed by atoms with Gasteiger partial charge in [-0.1, -0.05) is 17.7 Å². The van der Waals surface area contributed by atoms with E-state index in [0.717, 1.165) is 5.03 Å². The van der Waals surface area contributed by atoms with Gasteiger partial charge >= 0.3 is 0 Å². The third kappa shape index (κ3) is 10.7. The molecule has 2 N–H and O–H groups in total. The van der Waals surface area contributed by atoms with E-state index >= 15 is 0 Å². The molecular weight excluding hydrogens is 133 g/mol. The first-order valence-corrected chi connectivity index (χ1v) is 2.17. The van der Waals surface area contributed by atoms with E-state index in [1.165, 1.54) is 0 Å². The molecule has 0 aliphatic carbocycles. The molecule has 0 fully saturated rings.